The molecule has 2 N–H and O–H groups in total. The highest BCUT2D eigenvalue weighted by molar-refractivity contribution is 7.91. The molecule has 0 saturated carbocycles. The number of hydrogen-bond acceptors (Lipinski definition) is 4. The molecular formula is C14H21NO4S. The molecule has 0 bridgehead atoms. The summed E-state index contributed by atoms with van der Waals surface area (Å²) >= 11 is 0. The van der Waals surface area contributed by atoms with Crippen LogP contribution in [-0.4, -0.2) is 30.8 Å². The van der Waals surface area contributed by atoms with Gasteiger partial charge in [-0.05, 0) is 44.5 Å². The molecule has 0 aliphatic rings. The molecule has 112 valence electrons. The van der Waals surface area contributed by atoms with Gasteiger partial charge < -0.3 is 10.4 Å². The van der Waals surface area contributed by atoms with Crippen LogP contribution in [0.25, 0.3) is 0 Å². The van der Waals surface area contributed by atoms with Gasteiger partial charge in [0.05, 0.1) is 10.6 Å². The number of carboxylic acids is 1. The molecule has 1 aromatic carbocycles. The van der Waals surface area contributed by atoms with Crippen molar-refractivity contribution >= 4 is 21.5 Å². The molecule has 0 atom stereocenters. The molecule has 0 unspecified atom stereocenters. The highest BCUT2D eigenvalue weighted by atomic mass is 32.2. The van der Waals surface area contributed by atoms with Crippen molar-refractivity contribution in [3.63, 3.8) is 0 Å². The maximum absolute atomic E-state index is 11.7. The molecule has 0 aliphatic carbocycles. The molecule has 20 heavy (non-hydrogen) atoms. The lowest BCUT2D eigenvalue weighted by Gasteiger charge is -2.27. The van der Waals surface area contributed by atoms with Crippen LogP contribution in [0.1, 0.15) is 33.6 Å². The maximum atomic E-state index is 11.7. The van der Waals surface area contributed by atoms with Gasteiger partial charge in [0.2, 0.25) is 0 Å². The van der Waals surface area contributed by atoms with Crippen molar-refractivity contribution in [2.24, 2.45) is 0 Å². The van der Waals surface area contributed by atoms with Crippen LogP contribution in [0.2, 0.25) is 0 Å². The summed E-state index contributed by atoms with van der Waals surface area (Å²) in [5.41, 5.74) is 0.402. The van der Waals surface area contributed by atoms with Crippen molar-refractivity contribution in [1.82, 2.24) is 0 Å². The van der Waals surface area contributed by atoms with Crippen molar-refractivity contribution in [2.75, 3.05) is 11.1 Å². The number of aliphatic carboxylic acids is 1. The molecule has 5 nitrogen and oxygen atoms in total. The van der Waals surface area contributed by atoms with Crippen molar-refractivity contribution in [3.8, 4) is 0 Å². The molecule has 0 amide bonds. The Bertz CT molecular complexity index is 561. The number of benzene rings is 1. The van der Waals surface area contributed by atoms with Gasteiger partial charge in [0.15, 0.2) is 9.84 Å². The first-order valence-electron chi connectivity index (χ1n) is 6.49. The number of carbonyl (C=O) groups is 1. The van der Waals surface area contributed by atoms with Crippen LogP contribution >= 0.6 is 0 Å². The number of hydrogen-bond donors (Lipinski definition) is 2. The van der Waals surface area contributed by atoms with E-state index in [4.69, 9.17) is 5.11 Å². The molecular weight excluding hydrogens is 278 g/mol. The van der Waals surface area contributed by atoms with Gasteiger partial charge in [0, 0.05) is 17.6 Å². The minimum Gasteiger partial charge on any atom is -0.481 e. The Hall–Kier alpha value is -1.56. The summed E-state index contributed by atoms with van der Waals surface area (Å²) in [4.78, 5) is 10.9. The van der Waals surface area contributed by atoms with Crippen LogP contribution in [0, 0.1) is 0 Å². The first kappa shape index (κ1) is 16.5. The summed E-state index contributed by atoms with van der Waals surface area (Å²) in [5, 5.41) is 11.9. The van der Waals surface area contributed by atoms with Gasteiger partial charge in [-0.15, -0.1) is 0 Å². The quantitative estimate of drug-likeness (QED) is 0.808. The lowest BCUT2D eigenvalue weighted by atomic mass is 9.98. The highest BCUT2D eigenvalue weighted by Crippen LogP contribution is 2.21. The molecule has 0 spiro atoms. The predicted molar refractivity (Wildman–Crippen MR) is 78.7 cm³/mol. The Labute approximate surface area is 119 Å². The van der Waals surface area contributed by atoms with Crippen molar-refractivity contribution < 1.29 is 18.3 Å². The maximum Gasteiger partial charge on any atom is 0.303 e. The molecule has 0 fully saturated rings. The van der Waals surface area contributed by atoms with Crippen molar-refractivity contribution in [2.45, 2.75) is 44.0 Å². The van der Waals surface area contributed by atoms with Gasteiger partial charge in [-0.3, -0.25) is 4.79 Å². The second-order valence-electron chi connectivity index (χ2n) is 5.33. The van der Waals surface area contributed by atoms with Gasteiger partial charge in [0.25, 0.3) is 0 Å². The van der Waals surface area contributed by atoms with Gasteiger partial charge in [-0.25, -0.2) is 8.42 Å². The van der Waals surface area contributed by atoms with Crippen LogP contribution in [-0.2, 0) is 14.6 Å². The number of rotatable bonds is 7. The summed E-state index contributed by atoms with van der Waals surface area (Å²) in [6.45, 7) is 5.43. The van der Waals surface area contributed by atoms with E-state index in [0.717, 1.165) is 5.69 Å². The van der Waals surface area contributed by atoms with E-state index >= 15 is 0 Å². The molecule has 0 aliphatic heterocycles. The average Bonchev–Trinajstić information content (AvgIpc) is 2.37. The lowest BCUT2D eigenvalue weighted by molar-refractivity contribution is -0.137. The first-order valence-corrected chi connectivity index (χ1v) is 8.14. The van der Waals surface area contributed by atoms with Gasteiger partial charge >= 0.3 is 5.97 Å². The van der Waals surface area contributed by atoms with Crippen LogP contribution in [0.4, 0.5) is 5.69 Å². The summed E-state index contributed by atoms with van der Waals surface area (Å²) in [7, 11) is -3.19. The van der Waals surface area contributed by atoms with Gasteiger partial charge in [-0.2, -0.15) is 0 Å². The molecule has 0 aromatic heterocycles. The Morgan fingerprint density at radius 1 is 1.25 bits per heavy atom. The van der Waals surface area contributed by atoms with E-state index in [1.54, 1.807) is 31.2 Å². The fourth-order valence-corrected chi connectivity index (χ4v) is 2.67. The van der Waals surface area contributed by atoms with E-state index in [2.05, 4.69) is 5.32 Å². The summed E-state index contributed by atoms with van der Waals surface area (Å²) < 4.78 is 23.4. The molecule has 0 saturated heterocycles. The van der Waals surface area contributed by atoms with Crippen LogP contribution < -0.4 is 5.32 Å². The molecule has 0 heterocycles. The largest absolute Gasteiger partial charge is 0.481 e. The number of nitrogens with one attached hydrogen (secondary N) is 1. The average molecular weight is 299 g/mol. The third-order valence-electron chi connectivity index (χ3n) is 3.04. The monoisotopic (exact) mass is 299 g/mol. The summed E-state index contributed by atoms with van der Waals surface area (Å²) in [6, 6.07) is 6.53. The number of anilines is 1. The second-order valence-corrected chi connectivity index (χ2v) is 7.61. The predicted octanol–water partition coefficient (Wildman–Crippen LogP) is 2.54. The second kappa shape index (κ2) is 6.26. The standard InChI is InChI=1S/C14H21NO4S/c1-4-20(18,19)12-7-5-11(6-8-12)15-14(2,3)10-9-13(16)17/h5-8,15H,4,9-10H2,1-3H3,(H,16,17). The third-order valence-corrected chi connectivity index (χ3v) is 4.79. The Morgan fingerprint density at radius 3 is 2.25 bits per heavy atom. The fourth-order valence-electron chi connectivity index (χ4n) is 1.78. The Kier molecular flexibility index (Phi) is 5.16. The molecule has 1 aromatic rings. The normalized spacial score (nSPS) is 12.2. The molecule has 0 radical (unpaired) electrons. The Morgan fingerprint density at radius 2 is 1.80 bits per heavy atom. The smallest absolute Gasteiger partial charge is 0.303 e. The first-order chi connectivity index (χ1) is 9.16. The van der Waals surface area contributed by atoms with Crippen LogP contribution in [0.5, 0.6) is 0 Å². The highest BCUT2D eigenvalue weighted by Gasteiger charge is 2.19. The zero-order valence-electron chi connectivity index (χ0n) is 12.0. The van der Waals surface area contributed by atoms with E-state index in [1.807, 2.05) is 13.8 Å². The SMILES string of the molecule is CCS(=O)(=O)c1ccc(NC(C)(C)CCC(=O)O)cc1. The summed E-state index contributed by atoms with van der Waals surface area (Å²) in [6.07, 6.45) is 0.569. The zero-order chi connectivity index (χ0) is 15.4. The van der Waals surface area contributed by atoms with Crippen molar-refractivity contribution in [1.29, 1.82) is 0 Å². The summed E-state index contributed by atoms with van der Waals surface area (Å²) in [5.74, 6) is -0.756. The lowest BCUT2D eigenvalue weighted by Crippen LogP contribution is -2.31. The number of sulfone groups is 1. The van der Waals surface area contributed by atoms with E-state index in [1.165, 1.54) is 0 Å². The molecule has 1 rings (SSSR count). The van der Waals surface area contributed by atoms with Crippen molar-refractivity contribution in [3.05, 3.63) is 24.3 Å². The Balaban J connectivity index is 2.77. The minimum absolute atomic E-state index is 0.0733. The third kappa shape index (κ3) is 4.85. The fraction of sp³-hybridized carbons (Fsp3) is 0.500. The van der Waals surface area contributed by atoms with E-state index in [-0.39, 0.29) is 17.7 Å². The molecule has 6 heteroatoms. The van der Waals surface area contributed by atoms with Gasteiger partial charge in [-0.1, -0.05) is 6.92 Å². The topological polar surface area (TPSA) is 83.5 Å². The van der Waals surface area contributed by atoms with Gasteiger partial charge in [0.1, 0.15) is 0 Å². The van der Waals surface area contributed by atoms with E-state index < -0.39 is 15.8 Å². The van der Waals surface area contributed by atoms with Crippen LogP contribution in [0.15, 0.2) is 29.2 Å². The zero-order valence-corrected chi connectivity index (χ0v) is 12.8. The number of carboxylic acid groups (broad SMARTS) is 1. The van der Waals surface area contributed by atoms with E-state index in [9.17, 15) is 13.2 Å². The van der Waals surface area contributed by atoms with E-state index in [0.29, 0.717) is 11.3 Å². The van der Waals surface area contributed by atoms with Crippen LogP contribution in [0.3, 0.4) is 0 Å². The minimum atomic E-state index is -3.19.